The van der Waals surface area contributed by atoms with Gasteiger partial charge in [-0.15, -0.1) is 0 Å². The van der Waals surface area contributed by atoms with Crippen molar-refractivity contribution in [1.82, 2.24) is 9.71 Å². The van der Waals surface area contributed by atoms with Crippen molar-refractivity contribution in [2.75, 3.05) is 12.3 Å². The standard InChI is InChI=1S/C12H16N2OS/c1-2-16-14-6-5-9-8-13-12-4-3-10(15)7-11(9)12/h3-4,7-8,13-15H,2,5-6H2,1H3. The van der Waals surface area contributed by atoms with Gasteiger partial charge in [-0.1, -0.05) is 18.9 Å². The van der Waals surface area contributed by atoms with Crippen LogP contribution in [0.4, 0.5) is 0 Å². The quantitative estimate of drug-likeness (QED) is 0.552. The zero-order valence-corrected chi connectivity index (χ0v) is 10.1. The number of phenols is 1. The van der Waals surface area contributed by atoms with Crippen molar-refractivity contribution in [3.63, 3.8) is 0 Å². The second kappa shape index (κ2) is 5.27. The molecular formula is C12H16N2OS. The van der Waals surface area contributed by atoms with E-state index in [4.69, 9.17) is 0 Å². The molecule has 3 N–H and O–H groups in total. The van der Waals surface area contributed by atoms with Gasteiger partial charge >= 0.3 is 0 Å². The molecule has 0 aliphatic rings. The SMILES string of the molecule is CCSNCCc1c[nH]c2ccc(O)cc12. The number of phenolic OH excluding ortho intramolecular Hbond substituents is 1. The Morgan fingerprint density at radius 3 is 3.12 bits per heavy atom. The smallest absolute Gasteiger partial charge is 0.116 e. The second-order valence-electron chi connectivity index (χ2n) is 3.62. The van der Waals surface area contributed by atoms with Gasteiger partial charge in [0.1, 0.15) is 5.75 Å². The summed E-state index contributed by atoms with van der Waals surface area (Å²) >= 11 is 1.73. The maximum atomic E-state index is 9.45. The third kappa shape index (κ3) is 2.51. The molecule has 86 valence electrons. The molecule has 1 aromatic heterocycles. The molecule has 0 unspecified atom stereocenters. The Labute approximate surface area is 99.4 Å². The summed E-state index contributed by atoms with van der Waals surface area (Å²) in [5, 5.41) is 10.6. The van der Waals surface area contributed by atoms with Crippen LogP contribution in [0.2, 0.25) is 0 Å². The maximum absolute atomic E-state index is 9.45. The van der Waals surface area contributed by atoms with Crippen molar-refractivity contribution in [2.24, 2.45) is 0 Å². The Bertz CT molecular complexity index is 467. The Kier molecular flexibility index (Phi) is 3.74. The lowest BCUT2D eigenvalue weighted by atomic mass is 10.1. The molecular weight excluding hydrogens is 220 g/mol. The molecule has 0 saturated carbocycles. The van der Waals surface area contributed by atoms with Crippen molar-refractivity contribution >= 4 is 22.9 Å². The van der Waals surface area contributed by atoms with Gasteiger partial charge in [-0.2, -0.15) is 0 Å². The highest BCUT2D eigenvalue weighted by Crippen LogP contribution is 2.23. The number of nitrogens with one attached hydrogen (secondary N) is 2. The van der Waals surface area contributed by atoms with E-state index in [0.717, 1.165) is 29.6 Å². The van der Waals surface area contributed by atoms with Gasteiger partial charge in [0.25, 0.3) is 0 Å². The van der Waals surface area contributed by atoms with Crippen molar-refractivity contribution in [3.8, 4) is 5.75 Å². The number of fused-ring (bicyclic) bond motifs is 1. The highest BCUT2D eigenvalue weighted by atomic mass is 32.2. The Morgan fingerprint density at radius 2 is 2.31 bits per heavy atom. The van der Waals surface area contributed by atoms with Crippen LogP contribution in [0.25, 0.3) is 10.9 Å². The van der Waals surface area contributed by atoms with Crippen molar-refractivity contribution < 1.29 is 5.11 Å². The van der Waals surface area contributed by atoms with Crippen LogP contribution < -0.4 is 4.72 Å². The molecule has 0 radical (unpaired) electrons. The largest absolute Gasteiger partial charge is 0.508 e. The van der Waals surface area contributed by atoms with E-state index in [0.29, 0.717) is 5.75 Å². The molecule has 0 spiro atoms. The van der Waals surface area contributed by atoms with Crippen LogP contribution in [0, 0.1) is 0 Å². The van der Waals surface area contributed by atoms with Gasteiger partial charge in [0, 0.05) is 29.4 Å². The van der Waals surface area contributed by atoms with Gasteiger partial charge in [-0.25, -0.2) is 0 Å². The molecule has 0 atom stereocenters. The average Bonchev–Trinajstić information content (AvgIpc) is 2.67. The van der Waals surface area contributed by atoms with E-state index in [2.05, 4.69) is 16.6 Å². The summed E-state index contributed by atoms with van der Waals surface area (Å²) in [7, 11) is 0. The Hall–Kier alpha value is -1.13. The molecule has 1 heterocycles. The summed E-state index contributed by atoms with van der Waals surface area (Å²) in [6.07, 6.45) is 2.98. The normalized spacial score (nSPS) is 11.1. The maximum Gasteiger partial charge on any atom is 0.116 e. The van der Waals surface area contributed by atoms with E-state index < -0.39 is 0 Å². The molecule has 1 aromatic carbocycles. The van der Waals surface area contributed by atoms with Gasteiger partial charge in [0.05, 0.1) is 0 Å². The van der Waals surface area contributed by atoms with Crippen molar-refractivity contribution in [2.45, 2.75) is 13.3 Å². The van der Waals surface area contributed by atoms with Gasteiger partial charge in [-0.3, -0.25) is 4.72 Å². The van der Waals surface area contributed by atoms with Crippen LogP contribution >= 0.6 is 11.9 Å². The number of aromatic amines is 1. The summed E-state index contributed by atoms with van der Waals surface area (Å²) in [5.74, 6) is 1.40. The summed E-state index contributed by atoms with van der Waals surface area (Å²) in [4.78, 5) is 3.21. The molecule has 0 fully saturated rings. The molecule has 0 bridgehead atoms. The molecule has 16 heavy (non-hydrogen) atoms. The minimum absolute atomic E-state index is 0.323. The Morgan fingerprint density at radius 1 is 1.44 bits per heavy atom. The fraction of sp³-hybridized carbons (Fsp3) is 0.333. The first kappa shape index (κ1) is 11.4. The number of benzene rings is 1. The van der Waals surface area contributed by atoms with E-state index in [1.54, 1.807) is 18.0 Å². The van der Waals surface area contributed by atoms with Gasteiger partial charge in [-0.05, 0) is 30.2 Å². The van der Waals surface area contributed by atoms with Crippen molar-refractivity contribution in [3.05, 3.63) is 30.0 Å². The lowest BCUT2D eigenvalue weighted by molar-refractivity contribution is 0.476. The minimum atomic E-state index is 0.323. The van der Waals surface area contributed by atoms with Crippen LogP contribution in [0.1, 0.15) is 12.5 Å². The van der Waals surface area contributed by atoms with Crippen LogP contribution in [-0.4, -0.2) is 22.4 Å². The molecule has 0 amide bonds. The summed E-state index contributed by atoms with van der Waals surface area (Å²) in [6, 6.07) is 5.42. The highest BCUT2D eigenvalue weighted by Gasteiger charge is 2.03. The number of H-pyrrole nitrogens is 1. The predicted octanol–water partition coefficient (Wildman–Crippen LogP) is 2.67. The van der Waals surface area contributed by atoms with Crippen LogP contribution in [0.15, 0.2) is 24.4 Å². The van der Waals surface area contributed by atoms with Gasteiger partial charge in [0.15, 0.2) is 0 Å². The van der Waals surface area contributed by atoms with Crippen LogP contribution in [0.3, 0.4) is 0 Å². The lowest BCUT2D eigenvalue weighted by Crippen LogP contribution is -2.08. The predicted molar refractivity (Wildman–Crippen MR) is 69.8 cm³/mol. The third-order valence-corrected chi connectivity index (χ3v) is 3.19. The summed E-state index contributed by atoms with van der Waals surface area (Å²) < 4.78 is 3.29. The molecule has 4 heteroatoms. The molecule has 0 saturated heterocycles. The van der Waals surface area contributed by atoms with Crippen LogP contribution in [-0.2, 0) is 6.42 Å². The summed E-state index contributed by atoms with van der Waals surface area (Å²) in [5.41, 5.74) is 2.33. The monoisotopic (exact) mass is 236 g/mol. The highest BCUT2D eigenvalue weighted by molar-refractivity contribution is 7.97. The lowest BCUT2D eigenvalue weighted by Gasteiger charge is -2.01. The van der Waals surface area contributed by atoms with Gasteiger partial charge < -0.3 is 10.1 Å². The number of aromatic hydroxyl groups is 1. The zero-order valence-electron chi connectivity index (χ0n) is 9.29. The molecule has 0 aliphatic carbocycles. The second-order valence-corrected chi connectivity index (χ2v) is 4.78. The first-order valence-corrected chi connectivity index (χ1v) is 6.43. The third-order valence-electron chi connectivity index (χ3n) is 2.49. The number of aromatic nitrogens is 1. The zero-order chi connectivity index (χ0) is 11.4. The fourth-order valence-corrected chi connectivity index (χ4v) is 2.18. The molecule has 2 rings (SSSR count). The first-order chi connectivity index (χ1) is 7.81. The number of hydrogen-bond acceptors (Lipinski definition) is 3. The number of rotatable bonds is 5. The number of hydrogen-bond donors (Lipinski definition) is 3. The molecule has 2 aromatic rings. The summed E-state index contributed by atoms with van der Waals surface area (Å²) in [6.45, 7) is 3.07. The van der Waals surface area contributed by atoms with Crippen LogP contribution in [0.5, 0.6) is 5.75 Å². The fourth-order valence-electron chi connectivity index (χ4n) is 1.73. The molecule has 3 nitrogen and oxygen atoms in total. The minimum Gasteiger partial charge on any atom is -0.508 e. The average molecular weight is 236 g/mol. The molecule has 0 aliphatic heterocycles. The Balaban J connectivity index is 2.09. The van der Waals surface area contributed by atoms with E-state index >= 15 is 0 Å². The van der Waals surface area contributed by atoms with Crippen molar-refractivity contribution in [1.29, 1.82) is 0 Å². The van der Waals surface area contributed by atoms with E-state index in [1.807, 2.05) is 18.3 Å². The van der Waals surface area contributed by atoms with E-state index in [-0.39, 0.29) is 0 Å². The van der Waals surface area contributed by atoms with E-state index in [9.17, 15) is 5.11 Å². The van der Waals surface area contributed by atoms with Gasteiger partial charge in [0.2, 0.25) is 0 Å². The van der Waals surface area contributed by atoms with E-state index in [1.165, 1.54) is 5.56 Å². The first-order valence-electron chi connectivity index (χ1n) is 5.45. The topological polar surface area (TPSA) is 48.0 Å².